The quantitative estimate of drug-likeness (QED) is 0.772. The van der Waals surface area contributed by atoms with Gasteiger partial charge in [-0.15, -0.1) is 0 Å². The fourth-order valence-corrected chi connectivity index (χ4v) is 2.87. The van der Waals surface area contributed by atoms with Crippen LogP contribution in [0, 0.1) is 0 Å². The first-order chi connectivity index (χ1) is 8.62. The Morgan fingerprint density at radius 3 is 2.72 bits per heavy atom. The Balaban J connectivity index is 2.76. The lowest BCUT2D eigenvalue weighted by Gasteiger charge is -2.27. The van der Waals surface area contributed by atoms with Gasteiger partial charge in [-0.1, -0.05) is 6.92 Å². The van der Waals surface area contributed by atoms with Crippen LogP contribution in [0.25, 0.3) is 0 Å². The van der Waals surface area contributed by atoms with Crippen molar-refractivity contribution in [3.05, 3.63) is 23.8 Å². The number of hydrogen-bond acceptors (Lipinski definition) is 4. The molecule has 102 valence electrons. The Bertz CT molecular complexity index is 371. The van der Waals surface area contributed by atoms with Crippen LogP contribution in [0.3, 0.4) is 0 Å². The molecule has 0 aliphatic carbocycles. The van der Waals surface area contributed by atoms with Gasteiger partial charge in [0.25, 0.3) is 0 Å². The Morgan fingerprint density at radius 2 is 2.17 bits per heavy atom. The van der Waals surface area contributed by atoms with Gasteiger partial charge in [-0.25, -0.2) is 0 Å². The van der Waals surface area contributed by atoms with Crippen LogP contribution in [0.5, 0.6) is 5.75 Å². The number of anilines is 1. The molecule has 1 atom stereocenters. The maximum atomic E-state index is 6.02. The normalized spacial score (nSPS) is 12.7. The van der Waals surface area contributed by atoms with E-state index >= 15 is 0 Å². The number of hydrogen-bond donors (Lipinski definition) is 1. The highest BCUT2D eigenvalue weighted by Crippen LogP contribution is 2.22. The van der Waals surface area contributed by atoms with Crippen molar-refractivity contribution in [2.75, 3.05) is 31.9 Å². The first kappa shape index (κ1) is 15.2. The second-order valence-corrected chi connectivity index (χ2v) is 5.41. The summed E-state index contributed by atoms with van der Waals surface area (Å²) in [7, 11) is 3.84. The van der Waals surface area contributed by atoms with Crippen LogP contribution in [0.1, 0.15) is 18.9 Å². The topological polar surface area (TPSA) is 38.5 Å². The molecule has 0 bridgehead atoms. The molecule has 0 amide bonds. The third-order valence-electron chi connectivity index (χ3n) is 3.22. The second kappa shape index (κ2) is 7.54. The molecule has 1 aromatic rings. The number of thioether (sulfide) groups is 1. The van der Waals surface area contributed by atoms with Gasteiger partial charge in [-0.3, -0.25) is 4.90 Å². The summed E-state index contributed by atoms with van der Waals surface area (Å²) in [5, 5.41) is 0. The molecule has 0 aliphatic heterocycles. The summed E-state index contributed by atoms with van der Waals surface area (Å²) in [5.41, 5.74) is 7.99. The Morgan fingerprint density at radius 1 is 1.44 bits per heavy atom. The van der Waals surface area contributed by atoms with Crippen molar-refractivity contribution in [1.82, 2.24) is 4.90 Å². The maximum absolute atomic E-state index is 6.02. The van der Waals surface area contributed by atoms with E-state index in [1.54, 1.807) is 7.11 Å². The first-order valence-corrected chi connectivity index (χ1v) is 7.63. The van der Waals surface area contributed by atoms with E-state index in [1.165, 1.54) is 0 Å². The van der Waals surface area contributed by atoms with Crippen molar-refractivity contribution >= 4 is 17.4 Å². The van der Waals surface area contributed by atoms with Gasteiger partial charge in [0.05, 0.1) is 7.11 Å². The van der Waals surface area contributed by atoms with Crippen LogP contribution < -0.4 is 10.5 Å². The van der Waals surface area contributed by atoms with Gasteiger partial charge in [0.1, 0.15) is 5.75 Å². The van der Waals surface area contributed by atoms with Gasteiger partial charge in [0.2, 0.25) is 0 Å². The monoisotopic (exact) mass is 268 g/mol. The minimum Gasteiger partial charge on any atom is -0.497 e. The molecule has 0 saturated carbocycles. The summed E-state index contributed by atoms with van der Waals surface area (Å²) >= 11 is 1.89. The molecule has 2 N–H and O–H groups in total. The predicted octanol–water partition coefficient (Wildman–Crippen LogP) is 2.85. The highest BCUT2D eigenvalue weighted by Gasteiger charge is 2.13. The summed E-state index contributed by atoms with van der Waals surface area (Å²) in [6.45, 7) is 3.09. The van der Waals surface area contributed by atoms with Crippen LogP contribution >= 0.6 is 11.8 Å². The summed E-state index contributed by atoms with van der Waals surface area (Å²) in [4.78, 5) is 2.36. The third kappa shape index (κ3) is 4.10. The summed E-state index contributed by atoms with van der Waals surface area (Å²) in [6.07, 6.45) is 3.30. The molecule has 4 heteroatoms. The van der Waals surface area contributed by atoms with Gasteiger partial charge in [-0.2, -0.15) is 11.8 Å². The number of nitrogens with two attached hydrogens (primary N) is 1. The summed E-state index contributed by atoms with van der Waals surface area (Å²) < 4.78 is 5.25. The van der Waals surface area contributed by atoms with Crippen LogP contribution in [0.2, 0.25) is 0 Å². The standard InChI is InChI=1S/C14H24N2OS/c1-5-12(10-18-4)16(2)9-11-8-13(17-3)6-7-14(11)15/h6-8,12H,5,9-10,15H2,1-4H3. The molecule has 1 aromatic carbocycles. The highest BCUT2D eigenvalue weighted by molar-refractivity contribution is 7.98. The molecule has 18 heavy (non-hydrogen) atoms. The van der Waals surface area contributed by atoms with E-state index < -0.39 is 0 Å². The van der Waals surface area contributed by atoms with Gasteiger partial charge < -0.3 is 10.5 Å². The van der Waals surface area contributed by atoms with Crippen molar-refractivity contribution in [3.8, 4) is 5.75 Å². The Hall–Kier alpha value is -0.870. The molecule has 0 aliphatic rings. The van der Waals surface area contributed by atoms with Gasteiger partial charge >= 0.3 is 0 Å². The van der Waals surface area contributed by atoms with Crippen molar-refractivity contribution in [2.24, 2.45) is 0 Å². The Labute approximate surface area is 115 Å². The first-order valence-electron chi connectivity index (χ1n) is 6.23. The third-order valence-corrected chi connectivity index (χ3v) is 3.94. The van der Waals surface area contributed by atoms with E-state index in [1.807, 2.05) is 30.0 Å². The molecule has 1 unspecified atom stereocenters. The zero-order chi connectivity index (χ0) is 13.5. The number of methoxy groups -OCH3 is 1. The average Bonchev–Trinajstić information content (AvgIpc) is 2.38. The van der Waals surface area contributed by atoms with Crippen molar-refractivity contribution in [2.45, 2.75) is 25.9 Å². The molecule has 0 fully saturated rings. The fraction of sp³-hybridized carbons (Fsp3) is 0.571. The van der Waals surface area contributed by atoms with Gasteiger partial charge in [0, 0.05) is 24.0 Å². The van der Waals surface area contributed by atoms with E-state index in [0.29, 0.717) is 6.04 Å². The SMILES string of the molecule is CCC(CSC)N(C)Cc1cc(OC)ccc1N. The lowest BCUT2D eigenvalue weighted by atomic mass is 10.1. The molecular formula is C14H24N2OS. The van der Waals surface area contributed by atoms with Crippen LogP contribution in [0.15, 0.2) is 18.2 Å². The number of nitrogen functional groups attached to an aromatic ring is 1. The maximum Gasteiger partial charge on any atom is 0.119 e. The molecule has 3 nitrogen and oxygen atoms in total. The second-order valence-electron chi connectivity index (χ2n) is 4.50. The average molecular weight is 268 g/mol. The number of ether oxygens (including phenoxy) is 1. The van der Waals surface area contributed by atoms with Crippen LogP contribution in [-0.2, 0) is 6.54 Å². The molecule has 0 aromatic heterocycles. The minimum atomic E-state index is 0.589. The molecule has 0 spiro atoms. The van der Waals surface area contributed by atoms with Crippen molar-refractivity contribution < 1.29 is 4.74 Å². The van der Waals surface area contributed by atoms with Crippen LogP contribution in [0.4, 0.5) is 5.69 Å². The molecule has 0 heterocycles. The smallest absolute Gasteiger partial charge is 0.119 e. The largest absolute Gasteiger partial charge is 0.497 e. The fourth-order valence-electron chi connectivity index (χ4n) is 1.99. The predicted molar refractivity (Wildman–Crippen MR) is 81.3 cm³/mol. The Kier molecular flexibility index (Phi) is 6.36. The summed E-state index contributed by atoms with van der Waals surface area (Å²) in [5.74, 6) is 2.02. The van der Waals surface area contributed by atoms with E-state index in [0.717, 1.165) is 35.7 Å². The lowest BCUT2D eigenvalue weighted by Crippen LogP contribution is -2.32. The van der Waals surface area contributed by atoms with E-state index in [2.05, 4.69) is 25.1 Å². The summed E-state index contributed by atoms with van der Waals surface area (Å²) in [6, 6.07) is 6.43. The van der Waals surface area contributed by atoms with Crippen molar-refractivity contribution in [1.29, 1.82) is 0 Å². The number of rotatable bonds is 7. The number of benzene rings is 1. The van der Waals surface area contributed by atoms with Gasteiger partial charge in [0.15, 0.2) is 0 Å². The molecule has 1 rings (SSSR count). The molecular weight excluding hydrogens is 244 g/mol. The van der Waals surface area contributed by atoms with E-state index in [4.69, 9.17) is 10.5 Å². The zero-order valence-electron chi connectivity index (χ0n) is 11.8. The van der Waals surface area contributed by atoms with Crippen molar-refractivity contribution in [3.63, 3.8) is 0 Å². The minimum absolute atomic E-state index is 0.589. The van der Waals surface area contributed by atoms with Crippen LogP contribution in [-0.4, -0.2) is 37.1 Å². The van der Waals surface area contributed by atoms with Gasteiger partial charge in [-0.05, 0) is 43.5 Å². The highest BCUT2D eigenvalue weighted by atomic mass is 32.2. The molecule has 0 saturated heterocycles. The molecule has 0 radical (unpaired) electrons. The lowest BCUT2D eigenvalue weighted by molar-refractivity contribution is 0.248. The van der Waals surface area contributed by atoms with E-state index in [9.17, 15) is 0 Å². The van der Waals surface area contributed by atoms with E-state index in [-0.39, 0.29) is 0 Å². The zero-order valence-corrected chi connectivity index (χ0v) is 12.6. The number of nitrogens with zero attached hydrogens (tertiary/aromatic N) is 1.